The van der Waals surface area contributed by atoms with Crippen molar-refractivity contribution in [3.63, 3.8) is 0 Å². The molecule has 3 heteroatoms. The molecule has 0 atom stereocenters. The highest BCUT2D eigenvalue weighted by molar-refractivity contribution is 5.64. The lowest BCUT2D eigenvalue weighted by molar-refractivity contribution is 0.437. The van der Waals surface area contributed by atoms with Crippen LogP contribution in [0.15, 0.2) is 41.7 Å². The van der Waals surface area contributed by atoms with E-state index in [9.17, 15) is 0 Å². The van der Waals surface area contributed by atoms with Gasteiger partial charge in [-0.15, -0.1) is 0 Å². The first kappa shape index (κ1) is 9.05. The second-order valence-electron chi connectivity index (χ2n) is 2.94. The molecule has 0 saturated carbocycles. The molecule has 0 N–H and O–H groups in total. The third kappa shape index (κ3) is 1.59. The average molecular weight is 194 g/mol. The summed E-state index contributed by atoms with van der Waals surface area (Å²) in [4.78, 5) is 0. The fourth-order valence-corrected chi connectivity index (χ4v) is 1.30. The van der Waals surface area contributed by atoms with E-state index in [1.165, 1.54) is 0 Å². The Hall–Kier alpha value is -2.52. The summed E-state index contributed by atoms with van der Waals surface area (Å²) >= 11 is 0. The van der Waals surface area contributed by atoms with E-state index in [2.05, 4.69) is 0 Å². The Morgan fingerprint density at radius 2 is 1.80 bits per heavy atom. The van der Waals surface area contributed by atoms with Gasteiger partial charge in [0.15, 0.2) is 11.3 Å². The van der Waals surface area contributed by atoms with Gasteiger partial charge in [0.05, 0.1) is 0 Å². The van der Waals surface area contributed by atoms with Gasteiger partial charge in [-0.25, -0.2) is 0 Å². The van der Waals surface area contributed by atoms with E-state index in [4.69, 9.17) is 15.3 Å². The summed E-state index contributed by atoms with van der Waals surface area (Å²) in [7, 11) is 0. The minimum Gasteiger partial charge on any atom is -0.455 e. The Labute approximate surface area is 87.1 Å². The Morgan fingerprint density at radius 3 is 2.53 bits per heavy atom. The SMILES string of the molecule is N#CC(C#N)=C1C=Cc2ccccc2O1. The minimum absolute atomic E-state index is 0.0132. The third-order valence-electron chi connectivity index (χ3n) is 2.02. The van der Waals surface area contributed by atoms with Crippen LogP contribution in [0.3, 0.4) is 0 Å². The van der Waals surface area contributed by atoms with Crippen LogP contribution in [0.25, 0.3) is 6.08 Å². The smallest absolute Gasteiger partial charge is 0.172 e. The maximum absolute atomic E-state index is 8.68. The topological polar surface area (TPSA) is 56.8 Å². The van der Waals surface area contributed by atoms with Crippen LogP contribution in [-0.4, -0.2) is 0 Å². The van der Waals surface area contributed by atoms with E-state index >= 15 is 0 Å². The van der Waals surface area contributed by atoms with Crippen molar-refractivity contribution in [2.45, 2.75) is 0 Å². The van der Waals surface area contributed by atoms with Crippen LogP contribution in [0, 0.1) is 22.7 Å². The van der Waals surface area contributed by atoms with Crippen LogP contribution in [0.1, 0.15) is 5.56 Å². The van der Waals surface area contributed by atoms with E-state index in [1.54, 1.807) is 24.3 Å². The maximum atomic E-state index is 8.68. The second-order valence-corrected chi connectivity index (χ2v) is 2.94. The molecule has 2 rings (SSSR count). The zero-order chi connectivity index (χ0) is 10.7. The van der Waals surface area contributed by atoms with Crippen LogP contribution in [0.5, 0.6) is 5.75 Å². The fraction of sp³-hybridized carbons (Fsp3) is 0. The Morgan fingerprint density at radius 1 is 1.07 bits per heavy atom. The molecular formula is C12H6N2O. The summed E-state index contributed by atoms with van der Waals surface area (Å²) in [5.41, 5.74) is 0.928. The monoisotopic (exact) mass is 194 g/mol. The number of nitrogens with zero attached hydrogens (tertiary/aromatic N) is 2. The van der Waals surface area contributed by atoms with Crippen LogP contribution >= 0.6 is 0 Å². The first-order chi connectivity index (χ1) is 7.35. The van der Waals surface area contributed by atoms with Crippen LogP contribution in [0.4, 0.5) is 0 Å². The molecule has 1 aliphatic rings. The van der Waals surface area contributed by atoms with Crippen molar-refractivity contribution >= 4 is 6.08 Å². The van der Waals surface area contributed by atoms with E-state index in [-0.39, 0.29) is 5.57 Å². The molecule has 70 valence electrons. The molecule has 0 saturated heterocycles. The lowest BCUT2D eigenvalue weighted by Crippen LogP contribution is -2.01. The van der Waals surface area contributed by atoms with Gasteiger partial charge in [0.25, 0.3) is 0 Å². The van der Waals surface area contributed by atoms with Crippen molar-refractivity contribution in [2.75, 3.05) is 0 Å². The molecule has 0 radical (unpaired) electrons. The van der Waals surface area contributed by atoms with Crippen molar-refractivity contribution in [3.05, 3.63) is 47.2 Å². The number of nitriles is 2. The fourth-order valence-electron chi connectivity index (χ4n) is 1.30. The minimum atomic E-state index is -0.0132. The summed E-state index contributed by atoms with van der Waals surface area (Å²) in [6, 6.07) is 11.0. The molecule has 1 aromatic rings. The number of benzene rings is 1. The van der Waals surface area contributed by atoms with Crippen molar-refractivity contribution < 1.29 is 4.74 Å². The molecule has 0 aliphatic carbocycles. The van der Waals surface area contributed by atoms with E-state index in [1.807, 2.05) is 24.3 Å². The van der Waals surface area contributed by atoms with Crippen LogP contribution in [-0.2, 0) is 0 Å². The lowest BCUT2D eigenvalue weighted by Gasteiger charge is -2.13. The van der Waals surface area contributed by atoms with Gasteiger partial charge in [-0.2, -0.15) is 10.5 Å². The predicted molar refractivity (Wildman–Crippen MR) is 54.4 cm³/mol. The highest BCUT2D eigenvalue weighted by Crippen LogP contribution is 2.27. The molecule has 1 aliphatic heterocycles. The van der Waals surface area contributed by atoms with Crippen molar-refractivity contribution in [2.24, 2.45) is 0 Å². The summed E-state index contributed by atoms with van der Waals surface area (Å²) < 4.78 is 5.42. The van der Waals surface area contributed by atoms with Crippen LogP contribution in [0.2, 0.25) is 0 Å². The van der Waals surface area contributed by atoms with Gasteiger partial charge >= 0.3 is 0 Å². The standard InChI is InChI=1S/C12H6N2O/c13-7-10(8-14)12-6-5-9-3-1-2-4-11(9)15-12/h1-6H. The highest BCUT2D eigenvalue weighted by Gasteiger charge is 2.12. The molecule has 0 fully saturated rings. The summed E-state index contributed by atoms with van der Waals surface area (Å²) in [6.45, 7) is 0. The van der Waals surface area contributed by atoms with E-state index in [0.717, 1.165) is 5.56 Å². The lowest BCUT2D eigenvalue weighted by atomic mass is 10.1. The summed E-state index contributed by atoms with van der Waals surface area (Å²) in [6.07, 6.45) is 3.45. The number of hydrogen-bond donors (Lipinski definition) is 0. The van der Waals surface area contributed by atoms with E-state index < -0.39 is 0 Å². The van der Waals surface area contributed by atoms with Gasteiger partial charge in [-0.05, 0) is 18.2 Å². The molecular weight excluding hydrogens is 188 g/mol. The van der Waals surface area contributed by atoms with Gasteiger partial charge in [0, 0.05) is 5.56 Å². The number of rotatable bonds is 0. The molecule has 0 spiro atoms. The van der Waals surface area contributed by atoms with Gasteiger partial charge in [0.2, 0.25) is 0 Å². The van der Waals surface area contributed by atoms with Crippen molar-refractivity contribution in [3.8, 4) is 17.9 Å². The van der Waals surface area contributed by atoms with Crippen LogP contribution < -0.4 is 4.74 Å². The Kier molecular flexibility index (Phi) is 2.23. The molecule has 0 bridgehead atoms. The first-order valence-corrected chi connectivity index (χ1v) is 4.34. The van der Waals surface area contributed by atoms with E-state index in [0.29, 0.717) is 11.5 Å². The van der Waals surface area contributed by atoms with Crippen molar-refractivity contribution in [1.29, 1.82) is 10.5 Å². The molecule has 0 unspecified atom stereocenters. The number of para-hydroxylation sites is 1. The normalized spacial score (nSPS) is 12.0. The predicted octanol–water partition coefficient (Wildman–Crippen LogP) is 2.39. The zero-order valence-electron chi connectivity index (χ0n) is 7.77. The van der Waals surface area contributed by atoms with Gasteiger partial charge in [0.1, 0.15) is 17.9 Å². The molecule has 1 heterocycles. The quantitative estimate of drug-likeness (QED) is 0.596. The summed E-state index contributed by atoms with van der Waals surface area (Å²) in [5.74, 6) is 0.969. The molecule has 0 amide bonds. The molecule has 1 aromatic carbocycles. The Bertz CT molecular complexity index is 525. The highest BCUT2D eigenvalue weighted by atomic mass is 16.5. The molecule has 3 nitrogen and oxygen atoms in total. The number of hydrogen-bond acceptors (Lipinski definition) is 3. The van der Waals surface area contributed by atoms with Gasteiger partial charge in [-0.1, -0.05) is 18.2 Å². The number of ether oxygens (including phenoxy) is 1. The molecule has 15 heavy (non-hydrogen) atoms. The van der Waals surface area contributed by atoms with Gasteiger partial charge < -0.3 is 4.74 Å². The summed E-state index contributed by atoms with van der Waals surface area (Å²) in [5, 5.41) is 17.4. The third-order valence-corrected chi connectivity index (χ3v) is 2.02. The average Bonchev–Trinajstić information content (AvgIpc) is 2.30. The van der Waals surface area contributed by atoms with Gasteiger partial charge in [-0.3, -0.25) is 0 Å². The Balaban J connectivity index is 2.48. The first-order valence-electron chi connectivity index (χ1n) is 4.34. The number of allylic oxidation sites excluding steroid dienone is 2. The largest absolute Gasteiger partial charge is 0.455 e. The molecule has 0 aromatic heterocycles. The second kappa shape index (κ2) is 3.69. The van der Waals surface area contributed by atoms with Crippen molar-refractivity contribution in [1.82, 2.24) is 0 Å². The maximum Gasteiger partial charge on any atom is 0.172 e. The number of fused-ring (bicyclic) bond motifs is 1. The zero-order valence-corrected chi connectivity index (χ0v) is 7.77.